The number of ether oxygens (including phenoxy) is 1. The number of para-hydroxylation sites is 1. The van der Waals surface area contributed by atoms with Crippen molar-refractivity contribution in [2.45, 2.75) is 25.7 Å². The van der Waals surface area contributed by atoms with Crippen LogP contribution in [0.1, 0.15) is 13.8 Å². The largest absolute Gasteiger partial charge is 0.479 e. The van der Waals surface area contributed by atoms with Gasteiger partial charge in [0.25, 0.3) is 0 Å². The third-order valence-corrected chi connectivity index (χ3v) is 4.29. The van der Waals surface area contributed by atoms with Gasteiger partial charge in [0.15, 0.2) is 12.0 Å². The van der Waals surface area contributed by atoms with Crippen LogP contribution in [0.15, 0.2) is 18.2 Å². The molecular weight excluding hydrogens is 282 g/mol. The number of carbonyl (C=O) groups is 1. The summed E-state index contributed by atoms with van der Waals surface area (Å²) in [7, 11) is 0. The van der Waals surface area contributed by atoms with Crippen LogP contribution in [0, 0.1) is 0 Å². The van der Waals surface area contributed by atoms with E-state index in [4.69, 9.17) is 4.74 Å². The van der Waals surface area contributed by atoms with Gasteiger partial charge in [0.05, 0.1) is 17.9 Å². The lowest BCUT2D eigenvalue weighted by Crippen LogP contribution is -2.57. The van der Waals surface area contributed by atoms with Crippen molar-refractivity contribution in [2.24, 2.45) is 0 Å². The summed E-state index contributed by atoms with van der Waals surface area (Å²) in [6.07, 6.45) is -0.0465. The molecule has 3 rings (SSSR count). The van der Waals surface area contributed by atoms with Gasteiger partial charge in [-0.1, -0.05) is 6.07 Å². The molecular formula is C16H23N3O3. The fourth-order valence-corrected chi connectivity index (χ4v) is 3.10. The van der Waals surface area contributed by atoms with Crippen molar-refractivity contribution in [2.75, 3.05) is 42.5 Å². The Hall–Kier alpha value is -1.79. The number of aliphatic hydroxyl groups excluding tert-OH is 1. The monoisotopic (exact) mass is 305 g/mol. The van der Waals surface area contributed by atoms with Crippen molar-refractivity contribution in [3.8, 4) is 5.75 Å². The van der Waals surface area contributed by atoms with Gasteiger partial charge in [0.1, 0.15) is 11.9 Å². The minimum absolute atomic E-state index is 0.145. The molecule has 0 bridgehead atoms. The highest BCUT2D eigenvalue weighted by molar-refractivity contribution is 5.77. The van der Waals surface area contributed by atoms with Crippen molar-refractivity contribution < 1.29 is 14.6 Å². The van der Waals surface area contributed by atoms with Gasteiger partial charge >= 0.3 is 0 Å². The molecule has 1 fully saturated rings. The number of aldehydes is 1. The van der Waals surface area contributed by atoms with Crippen molar-refractivity contribution >= 4 is 17.7 Å². The normalized spacial score (nSPS) is 23.7. The summed E-state index contributed by atoms with van der Waals surface area (Å²) in [5.74, 6) is 0.751. The number of nitrogens with one attached hydrogen (secondary N) is 1. The summed E-state index contributed by atoms with van der Waals surface area (Å²) in [6, 6.07) is 5.88. The molecule has 6 heteroatoms. The molecule has 0 spiro atoms. The Bertz CT molecular complexity index is 556. The van der Waals surface area contributed by atoms with Crippen LogP contribution in [0.5, 0.6) is 5.75 Å². The van der Waals surface area contributed by atoms with Crippen LogP contribution in [0.2, 0.25) is 0 Å². The number of hydrogen-bond acceptors (Lipinski definition) is 6. The lowest BCUT2D eigenvalue weighted by molar-refractivity contribution is -0.108. The lowest BCUT2D eigenvalue weighted by Gasteiger charge is -2.46. The van der Waals surface area contributed by atoms with E-state index >= 15 is 0 Å². The highest BCUT2D eigenvalue weighted by Crippen LogP contribution is 2.45. The first-order valence-electron chi connectivity index (χ1n) is 7.70. The number of piperazine rings is 1. The van der Waals surface area contributed by atoms with E-state index in [1.165, 1.54) is 0 Å². The Morgan fingerprint density at radius 1 is 1.36 bits per heavy atom. The molecule has 1 aromatic rings. The molecule has 1 unspecified atom stereocenters. The van der Waals surface area contributed by atoms with Crippen molar-refractivity contribution in [3.05, 3.63) is 18.2 Å². The van der Waals surface area contributed by atoms with E-state index < -0.39 is 11.8 Å². The third-order valence-electron chi connectivity index (χ3n) is 4.29. The number of benzene rings is 1. The van der Waals surface area contributed by atoms with Gasteiger partial charge in [0.2, 0.25) is 0 Å². The molecule has 0 saturated carbocycles. The molecule has 1 atom stereocenters. The molecule has 0 radical (unpaired) electrons. The Kier molecular flexibility index (Phi) is 3.97. The molecule has 22 heavy (non-hydrogen) atoms. The number of carbonyl (C=O) groups excluding carboxylic acids is 1. The number of aliphatic hydroxyl groups is 1. The average Bonchev–Trinajstić information content (AvgIpc) is 2.52. The van der Waals surface area contributed by atoms with E-state index in [0.29, 0.717) is 0 Å². The van der Waals surface area contributed by atoms with Crippen LogP contribution < -0.4 is 19.9 Å². The summed E-state index contributed by atoms with van der Waals surface area (Å²) in [5, 5.41) is 13.8. The number of hydrogen-bond donors (Lipinski definition) is 2. The van der Waals surface area contributed by atoms with Crippen LogP contribution >= 0.6 is 0 Å². The number of nitrogens with zero attached hydrogens (tertiary/aromatic N) is 2. The summed E-state index contributed by atoms with van der Waals surface area (Å²) >= 11 is 0. The Balaban J connectivity index is 2.04. The Morgan fingerprint density at radius 3 is 2.73 bits per heavy atom. The van der Waals surface area contributed by atoms with E-state index in [9.17, 15) is 9.90 Å². The zero-order chi connectivity index (χ0) is 15.7. The quantitative estimate of drug-likeness (QED) is 0.797. The molecule has 2 aliphatic heterocycles. The van der Waals surface area contributed by atoms with E-state index in [0.717, 1.165) is 49.6 Å². The fraction of sp³-hybridized carbons (Fsp3) is 0.562. The molecule has 2 heterocycles. The molecule has 0 amide bonds. The first-order valence-corrected chi connectivity index (χ1v) is 7.70. The topological polar surface area (TPSA) is 65.0 Å². The summed E-state index contributed by atoms with van der Waals surface area (Å²) in [5.41, 5.74) is 1.02. The van der Waals surface area contributed by atoms with Gasteiger partial charge in [-0.2, -0.15) is 0 Å². The number of rotatable bonds is 3. The van der Waals surface area contributed by atoms with E-state index in [2.05, 4.69) is 10.2 Å². The fourth-order valence-electron chi connectivity index (χ4n) is 3.10. The molecule has 6 nitrogen and oxygen atoms in total. The summed E-state index contributed by atoms with van der Waals surface area (Å²) in [6.45, 7) is 7.53. The van der Waals surface area contributed by atoms with E-state index in [1.54, 1.807) is 4.90 Å². The first-order chi connectivity index (χ1) is 10.5. The van der Waals surface area contributed by atoms with Gasteiger partial charge in [0, 0.05) is 26.2 Å². The summed E-state index contributed by atoms with van der Waals surface area (Å²) in [4.78, 5) is 15.0. The molecule has 120 valence electrons. The lowest BCUT2D eigenvalue weighted by atomic mass is 10.0. The Labute approximate surface area is 130 Å². The van der Waals surface area contributed by atoms with Crippen molar-refractivity contribution in [3.63, 3.8) is 0 Å². The maximum atomic E-state index is 11.0. The highest BCUT2D eigenvalue weighted by Gasteiger charge is 2.42. The zero-order valence-corrected chi connectivity index (χ0v) is 13.1. The second kappa shape index (κ2) is 5.78. The van der Waals surface area contributed by atoms with Gasteiger partial charge < -0.3 is 29.8 Å². The number of fused-ring (bicyclic) bond motifs is 1. The second-order valence-electron chi connectivity index (χ2n) is 6.26. The van der Waals surface area contributed by atoms with Crippen molar-refractivity contribution in [1.82, 2.24) is 5.32 Å². The predicted molar refractivity (Wildman–Crippen MR) is 85.6 cm³/mol. The minimum Gasteiger partial charge on any atom is -0.479 e. The first kappa shape index (κ1) is 15.1. The van der Waals surface area contributed by atoms with Crippen LogP contribution in [0.4, 0.5) is 11.4 Å². The van der Waals surface area contributed by atoms with Crippen LogP contribution in [0.3, 0.4) is 0 Å². The highest BCUT2D eigenvalue weighted by atomic mass is 16.5. The van der Waals surface area contributed by atoms with Gasteiger partial charge in [-0.05, 0) is 26.0 Å². The molecule has 2 aliphatic rings. The molecule has 1 aromatic carbocycles. The van der Waals surface area contributed by atoms with Crippen LogP contribution in [0.25, 0.3) is 0 Å². The van der Waals surface area contributed by atoms with Crippen molar-refractivity contribution in [1.29, 1.82) is 0 Å². The van der Waals surface area contributed by atoms with Gasteiger partial charge in [-0.3, -0.25) is 0 Å². The molecule has 2 N–H and O–H groups in total. The SMILES string of the molecule is CC1(C)Oc2c(N3CCNCC3)cccc2N(CC=O)C1O. The third kappa shape index (κ3) is 2.53. The second-order valence-corrected chi connectivity index (χ2v) is 6.26. The zero-order valence-electron chi connectivity index (χ0n) is 13.1. The average molecular weight is 305 g/mol. The predicted octanol–water partition coefficient (Wildman–Crippen LogP) is 0.591. The smallest absolute Gasteiger partial charge is 0.167 e. The standard InChI is InChI=1S/C16H23N3O3/c1-16(2)15(21)19(10-11-20)13-5-3-4-12(14(13)22-16)18-8-6-17-7-9-18/h3-5,11,15,17,21H,6-10H2,1-2H3. The maximum absolute atomic E-state index is 11.0. The maximum Gasteiger partial charge on any atom is 0.167 e. The molecule has 0 aliphatic carbocycles. The Morgan fingerprint density at radius 2 is 2.05 bits per heavy atom. The van der Waals surface area contributed by atoms with Crippen LogP contribution in [-0.4, -0.2) is 55.9 Å². The molecule has 0 aromatic heterocycles. The molecule has 1 saturated heterocycles. The van der Waals surface area contributed by atoms with Gasteiger partial charge in [-0.25, -0.2) is 0 Å². The van der Waals surface area contributed by atoms with Gasteiger partial charge in [-0.15, -0.1) is 0 Å². The van der Waals surface area contributed by atoms with E-state index in [1.807, 2.05) is 32.0 Å². The van der Waals surface area contributed by atoms with Crippen LogP contribution in [-0.2, 0) is 4.79 Å². The van der Waals surface area contributed by atoms with E-state index in [-0.39, 0.29) is 6.54 Å². The number of anilines is 2. The summed E-state index contributed by atoms with van der Waals surface area (Å²) < 4.78 is 6.12. The minimum atomic E-state index is -0.858.